The molecule has 0 bridgehead atoms. The number of halogens is 1. The summed E-state index contributed by atoms with van der Waals surface area (Å²) in [5.74, 6) is 0. The maximum absolute atomic E-state index is 5.85. The molecule has 0 spiro atoms. The van der Waals surface area contributed by atoms with Crippen LogP contribution in [0.4, 0.5) is 5.69 Å². The molecule has 0 aliphatic rings. The number of rotatable bonds is 4. The second-order valence-corrected chi connectivity index (χ2v) is 2.83. The second-order valence-electron chi connectivity index (χ2n) is 2.42. The van der Waals surface area contributed by atoms with Gasteiger partial charge in [-0.25, -0.2) is 0 Å². The molecular weight excluding hydrogens is 174 g/mol. The van der Waals surface area contributed by atoms with Crippen molar-refractivity contribution >= 4 is 17.3 Å². The molecule has 1 aromatic heterocycles. The Balaban J connectivity index is 2.46. The molecule has 1 rings (SSSR count). The van der Waals surface area contributed by atoms with Crippen molar-refractivity contribution in [2.45, 2.75) is 6.42 Å². The predicted octanol–water partition coefficient (Wildman–Crippen LogP) is 1.50. The molecule has 0 radical (unpaired) electrons. The fraction of sp³-hybridized carbons (Fsp3) is 0.375. The molecule has 66 valence electrons. The minimum absolute atomic E-state index is 0.648. The first-order valence-corrected chi connectivity index (χ1v) is 4.26. The summed E-state index contributed by atoms with van der Waals surface area (Å²) in [6, 6.07) is 1.85. The third-order valence-corrected chi connectivity index (χ3v) is 1.77. The number of hydrogen-bond acceptors (Lipinski definition) is 3. The van der Waals surface area contributed by atoms with E-state index in [1.807, 2.05) is 6.07 Å². The van der Waals surface area contributed by atoms with Gasteiger partial charge in [-0.15, -0.1) is 0 Å². The summed E-state index contributed by atoms with van der Waals surface area (Å²) in [5, 5.41) is 3.81. The zero-order valence-corrected chi connectivity index (χ0v) is 7.51. The number of nitrogens with two attached hydrogens (primary N) is 1. The minimum atomic E-state index is 0.648. The fourth-order valence-electron chi connectivity index (χ4n) is 0.844. The highest BCUT2D eigenvalue weighted by atomic mass is 35.5. The lowest BCUT2D eigenvalue weighted by Gasteiger charge is -2.05. The lowest BCUT2D eigenvalue weighted by molar-refractivity contribution is 0.874. The molecule has 3 N–H and O–H groups in total. The van der Waals surface area contributed by atoms with Crippen LogP contribution in [0.3, 0.4) is 0 Å². The third kappa shape index (κ3) is 2.68. The van der Waals surface area contributed by atoms with Crippen molar-refractivity contribution in [3.63, 3.8) is 0 Å². The maximum atomic E-state index is 5.85. The van der Waals surface area contributed by atoms with Gasteiger partial charge >= 0.3 is 0 Å². The van der Waals surface area contributed by atoms with Crippen LogP contribution in [-0.2, 0) is 0 Å². The van der Waals surface area contributed by atoms with Gasteiger partial charge in [-0.1, -0.05) is 11.6 Å². The highest BCUT2D eigenvalue weighted by Gasteiger charge is 1.96. The van der Waals surface area contributed by atoms with Gasteiger partial charge in [0.25, 0.3) is 0 Å². The molecule has 12 heavy (non-hydrogen) atoms. The summed E-state index contributed by atoms with van der Waals surface area (Å²) < 4.78 is 0. The van der Waals surface area contributed by atoms with Crippen molar-refractivity contribution in [2.24, 2.45) is 5.73 Å². The van der Waals surface area contributed by atoms with E-state index in [1.165, 1.54) is 0 Å². The third-order valence-electron chi connectivity index (χ3n) is 1.47. The lowest BCUT2D eigenvalue weighted by atomic mass is 10.3. The van der Waals surface area contributed by atoms with Crippen LogP contribution < -0.4 is 11.1 Å². The van der Waals surface area contributed by atoms with E-state index in [1.54, 1.807) is 12.4 Å². The molecule has 3 nitrogen and oxygen atoms in total. The van der Waals surface area contributed by atoms with Crippen molar-refractivity contribution < 1.29 is 0 Å². The number of aromatic nitrogens is 1. The molecular formula is C8H12ClN3. The quantitative estimate of drug-likeness (QED) is 0.699. The van der Waals surface area contributed by atoms with Crippen LogP contribution in [0.15, 0.2) is 18.5 Å². The first-order chi connectivity index (χ1) is 5.84. The summed E-state index contributed by atoms with van der Waals surface area (Å²) >= 11 is 5.85. The Morgan fingerprint density at radius 3 is 3.08 bits per heavy atom. The Morgan fingerprint density at radius 1 is 1.58 bits per heavy atom. The van der Waals surface area contributed by atoms with E-state index < -0.39 is 0 Å². The maximum Gasteiger partial charge on any atom is 0.0820 e. The zero-order valence-electron chi connectivity index (χ0n) is 6.76. The fourth-order valence-corrected chi connectivity index (χ4v) is 1.03. The van der Waals surface area contributed by atoms with Crippen LogP contribution in [-0.4, -0.2) is 18.1 Å². The van der Waals surface area contributed by atoms with Crippen molar-refractivity contribution in [1.82, 2.24) is 4.98 Å². The van der Waals surface area contributed by atoms with E-state index in [0.717, 1.165) is 18.7 Å². The standard InChI is InChI=1S/C8H12ClN3/c9-7-6-11-5-2-8(7)12-4-1-3-10/h2,5-6H,1,3-4,10H2,(H,11,12). The van der Waals surface area contributed by atoms with Crippen LogP contribution in [0.1, 0.15) is 6.42 Å². The molecule has 1 aromatic rings. The van der Waals surface area contributed by atoms with E-state index in [0.29, 0.717) is 11.6 Å². The van der Waals surface area contributed by atoms with E-state index in [-0.39, 0.29) is 0 Å². The molecule has 0 saturated carbocycles. The van der Waals surface area contributed by atoms with Crippen molar-refractivity contribution in [3.05, 3.63) is 23.5 Å². The van der Waals surface area contributed by atoms with Crippen LogP contribution >= 0.6 is 11.6 Å². The smallest absolute Gasteiger partial charge is 0.0820 e. The summed E-state index contributed by atoms with van der Waals surface area (Å²) in [5.41, 5.74) is 6.26. The van der Waals surface area contributed by atoms with Crippen LogP contribution in [0.25, 0.3) is 0 Å². The molecule has 0 unspecified atom stereocenters. The van der Waals surface area contributed by atoms with Gasteiger partial charge in [0, 0.05) is 18.9 Å². The first kappa shape index (κ1) is 9.29. The van der Waals surface area contributed by atoms with Gasteiger partial charge in [0.15, 0.2) is 0 Å². The highest BCUT2D eigenvalue weighted by Crippen LogP contribution is 2.18. The highest BCUT2D eigenvalue weighted by molar-refractivity contribution is 6.33. The number of pyridine rings is 1. The Morgan fingerprint density at radius 2 is 2.42 bits per heavy atom. The van der Waals surface area contributed by atoms with Gasteiger partial charge in [0.05, 0.1) is 10.7 Å². The van der Waals surface area contributed by atoms with Gasteiger partial charge in [0.1, 0.15) is 0 Å². The van der Waals surface area contributed by atoms with Gasteiger partial charge in [0.2, 0.25) is 0 Å². The summed E-state index contributed by atoms with van der Waals surface area (Å²) in [4.78, 5) is 3.88. The second kappa shape index (κ2) is 4.95. The number of nitrogens with zero attached hydrogens (tertiary/aromatic N) is 1. The van der Waals surface area contributed by atoms with Crippen LogP contribution in [0, 0.1) is 0 Å². The topological polar surface area (TPSA) is 50.9 Å². The Kier molecular flexibility index (Phi) is 3.84. The Bertz CT molecular complexity index is 239. The largest absolute Gasteiger partial charge is 0.384 e. The summed E-state index contributed by atoms with van der Waals surface area (Å²) in [6.07, 6.45) is 4.27. The molecule has 0 saturated heterocycles. The van der Waals surface area contributed by atoms with Crippen molar-refractivity contribution in [3.8, 4) is 0 Å². The van der Waals surface area contributed by atoms with Gasteiger partial charge in [-0.3, -0.25) is 4.98 Å². The number of nitrogens with one attached hydrogen (secondary N) is 1. The van der Waals surface area contributed by atoms with Crippen molar-refractivity contribution in [2.75, 3.05) is 18.4 Å². The van der Waals surface area contributed by atoms with Crippen LogP contribution in [0.5, 0.6) is 0 Å². The molecule has 0 aromatic carbocycles. The average molecular weight is 186 g/mol. The van der Waals surface area contributed by atoms with Gasteiger partial charge in [-0.2, -0.15) is 0 Å². The number of anilines is 1. The zero-order chi connectivity index (χ0) is 8.81. The first-order valence-electron chi connectivity index (χ1n) is 3.88. The van der Waals surface area contributed by atoms with Crippen molar-refractivity contribution in [1.29, 1.82) is 0 Å². The average Bonchev–Trinajstić information content (AvgIpc) is 2.09. The van der Waals surface area contributed by atoms with Gasteiger partial charge in [-0.05, 0) is 19.0 Å². The lowest BCUT2D eigenvalue weighted by Crippen LogP contribution is -2.08. The molecule has 0 aliphatic carbocycles. The van der Waals surface area contributed by atoms with E-state index in [4.69, 9.17) is 17.3 Å². The molecule has 1 heterocycles. The minimum Gasteiger partial charge on any atom is -0.384 e. The molecule has 0 fully saturated rings. The van der Waals surface area contributed by atoms with Gasteiger partial charge < -0.3 is 11.1 Å². The Labute approximate surface area is 76.9 Å². The molecule has 0 aliphatic heterocycles. The monoisotopic (exact) mass is 185 g/mol. The summed E-state index contributed by atoms with van der Waals surface area (Å²) in [6.45, 7) is 1.54. The number of hydrogen-bond donors (Lipinski definition) is 2. The van der Waals surface area contributed by atoms with Crippen LogP contribution in [0.2, 0.25) is 5.02 Å². The van der Waals surface area contributed by atoms with E-state index in [2.05, 4.69) is 10.3 Å². The predicted molar refractivity (Wildman–Crippen MR) is 51.4 cm³/mol. The van der Waals surface area contributed by atoms with E-state index >= 15 is 0 Å². The molecule has 0 amide bonds. The van der Waals surface area contributed by atoms with E-state index in [9.17, 15) is 0 Å². The molecule has 0 atom stereocenters. The Hall–Kier alpha value is -0.800. The molecule has 4 heteroatoms. The normalized spacial score (nSPS) is 9.83. The SMILES string of the molecule is NCCCNc1ccncc1Cl. The summed E-state index contributed by atoms with van der Waals surface area (Å²) in [7, 11) is 0.